The molecule has 2 N–H and O–H groups in total. The first kappa shape index (κ1) is 11.8. The largest absolute Gasteiger partial charge is 0.409 e. The summed E-state index contributed by atoms with van der Waals surface area (Å²) in [4.78, 5) is 1.76. The molecule has 1 aromatic carbocycles. The standard InChI is InChI=1S/C11H13F2N3O/c12-8-1-2-9(10(13)7-8)11(15-17)16-5-3-14-4-6-16/h1-2,7,14,17H,3-6H2. The number of piperazine rings is 1. The van der Waals surface area contributed by atoms with Gasteiger partial charge in [0.1, 0.15) is 11.6 Å². The molecule has 1 aliphatic rings. The summed E-state index contributed by atoms with van der Waals surface area (Å²) in [5.41, 5.74) is 0.107. The van der Waals surface area contributed by atoms with Crippen LogP contribution >= 0.6 is 0 Å². The topological polar surface area (TPSA) is 47.9 Å². The summed E-state index contributed by atoms with van der Waals surface area (Å²) in [6.07, 6.45) is 0. The van der Waals surface area contributed by atoms with Gasteiger partial charge in [0.05, 0.1) is 5.56 Å². The smallest absolute Gasteiger partial charge is 0.178 e. The van der Waals surface area contributed by atoms with Gasteiger partial charge in [-0.25, -0.2) is 8.78 Å². The van der Waals surface area contributed by atoms with Crippen molar-refractivity contribution in [1.82, 2.24) is 10.2 Å². The van der Waals surface area contributed by atoms with Crippen LogP contribution in [0.4, 0.5) is 8.78 Å². The summed E-state index contributed by atoms with van der Waals surface area (Å²) in [6, 6.07) is 3.20. The van der Waals surface area contributed by atoms with E-state index >= 15 is 0 Å². The van der Waals surface area contributed by atoms with Crippen LogP contribution in [-0.4, -0.2) is 42.1 Å². The minimum absolute atomic E-state index is 0.107. The Morgan fingerprint density at radius 3 is 2.59 bits per heavy atom. The molecule has 0 unspecified atom stereocenters. The molecule has 1 saturated heterocycles. The molecule has 1 aromatic rings. The van der Waals surface area contributed by atoms with E-state index in [0.29, 0.717) is 13.1 Å². The van der Waals surface area contributed by atoms with Gasteiger partial charge in [-0.3, -0.25) is 0 Å². The van der Waals surface area contributed by atoms with E-state index in [9.17, 15) is 8.78 Å². The second kappa shape index (κ2) is 5.09. The third kappa shape index (κ3) is 2.52. The maximum atomic E-state index is 13.6. The van der Waals surface area contributed by atoms with Gasteiger partial charge >= 0.3 is 0 Å². The van der Waals surface area contributed by atoms with Crippen LogP contribution in [0.2, 0.25) is 0 Å². The van der Waals surface area contributed by atoms with Gasteiger partial charge in [0, 0.05) is 32.2 Å². The lowest BCUT2D eigenvalue weighted by Crippen LogP contribution is -2.47. The molecule has 4 nitrogen and oxygen atoms in total. The Kier molecular flexibility index (Phi) is 3.53. The van der Waals surface area contributed by atoms with Gasteiger partial charge < -0.3 is 15.4 Å². The highest BCUT2D eigenvalue weighted by Gasteiger charge is 2.19. The maximum Gasteiger partial charge on any atom is 0.178 e. The van der Waals surface area contributed by atoms with Crippen LogP contribution in [0, 0.1) is 11.6 Å². The summed E-state index contributed by atoms with van der Waals surface area (Å²) in [5.74, 6) is -1.23. The fourth-order valence-electron chi connectivity index (χ4n) is 1.83. The molecule has 2 rings (SSSR count). The van der Waals surface area contributed by atoms with Gasteiger partial charge in [0.2, 0.25) is 0 Å². The van der Waals surface area contributed by atoms with Crippen LogP contribution in [0.1, 0.15) is 5.56 Å². The van der Waals surface area contributed by atoms with Gasteiger partial charge in [-0.2, -0.15) is 0 Å². The fraction of sp³-hybridized carbons (Fsp3) is 0.364. The number of benzene rings is 1. The SMILES string of the molecule is ON=C(c1ccc(F)cc1F)N1CCNCC1. The summed E-state index contributed by atoms with van der Waals surface area (Å²) >= 11 is 0. The van der Waals surface area contributed by atoms with Crippen LogP contribution in [0.3, 0.4) is 0 Å². The minimum atomic E-state index is -0.726. The van der Waals surface area contributed by atoms with Crippen LogP contribution in [0.25, 0.3) is 0 Å². The van der Waals surface area contributed by atoms with Crippen LogP contribution in [0.15, 0.2) is 23.4 Å². The lowest BCUT2D eigenvalue weighted by molar-refractivity contribution is 0.290. The van der Waals surface area contributed by atoms with Crippen molar-refractivity contribution in [3.63, 3.8) is 0 Å². The Morgan fingerprint density at radius 1 is 1.29 bits per heavy atom. The summed E-state index contributed by atoms with van der Waals surface area (Å²) < 4.78 is 26.4. The summed E-state index contributed by atoms with van der Waals surface area (Å²) in [5, 5.41) is 15.3. The Hall–Kier alpha value is -1.69. The molecule has 0 saturated carbocycles. The molecule has 0 amide bonds. The van der Waals surface area contributed by atoms with Crippen molar-refractivity contribution in [1.29, 1.82) is 0 Å². The lowest BCUT2D eigenvalue weighted by atomic mass is 10.1. The molecule has 0 atom stereocenters. The zero-order valence-electron chi connectivity index (χ0n) is 9.16. The first-order valence-corrected chi connectivity index (χ1v) is 5.35. The van der Waals surface area contributed by atoms with Gasteiger partial charge in [-0.15, -0.1) is 0 Å². The summed E-state index contributed by atoms with van der Waals surface area (Å²) in [6.45, 7) is 2.72. The second-order valence-electron chi connectivity index (χ2n) is 3.78. The highest BCUT2D eigenvalue weighted by atomic mass is 19.1. The number of nitrogens with zero attached hydrogens (tertiary/aromatic N) is 2. The van der Waals surface area contributed by atoms with Crippen molar-refractivity contribution in [2.24, 2.45) is 5.16 Å². The minimum Gasteiger partial charge on any atom is -0.409 e. The number of halogens is 2. The van der Waals surface area contributed by atoms with Crippen LogP contribution in [0.5, 0.6) is 0 Å². The van der Waals surface area contributed by atoms with Crippen molar-refractivity contribution in [3.8, 4) is 0 Å². The van der Waals surface area contributed by atoms with Crippen LogP contribution in [-0.2, 0) is 0 Å². The molecule has 92 valence electrons. The van der Waals surface area contributed by atoms with Crippen molar-refractivity contribution in [3.05, 3.63) is 35.4 Å². The molecular formula is C11H13F2N3O. The van der Waals surface area contributed by atoms with E-state index in [0.717, 1.165) is 25.2 Å². The van der Waals surface area contributed by atoms with E-state index < -0.39 is 11.6 Å². The maximum absolute atomic E-state index is 13.6. The molecule has 6 heteroatoms. The number of hydrogen-bond acceptors (Lipinski definition) is 3. The monoisotopic (exact) mass is 241 g/mol. The zero-order valence-corrected chi connectivity index (χ0v) is 9.16. The van der Waals surface area contributed by atoms with Gasteiger partial charge in [-0.05, 0) is 12.1 Å². The number of hydrogen-bond donors (Lipinski definition) is 2. The van der Waals surface area contributed by atoms with E-state index in [4.69, 9.17) is 5.21 Å². The molecule has 0 aromatic heterocycles. The molecule has 1 fully saturated rings. The van der Waals surface area contributed by atoms with Crippen molar-refractivity contribution >= 4 is 5.84 Å². The first-order valence-electron chi connectivity index (χ1n) is 5.35. The predicted molar refractivity (Wildman–Crippen MR) is 59.1 cm³/mol. The highest BCUT2D eigenvalue weighted by Crippen LogP contribution is 2.13. The van der Waals surface area contributed by atoms with E-state index in [1.54, 1.807) is 4.90 Å². The average molecular weight is 241 g/mol. The van der Waals surface area contributed by atoms with E-state index in [1.807, 2.05) is 0 Å². The Balaban J connectivity index is 2.28. The van der Waals surface area contributed by atoms with Crippen molar-refractivity contribution in [2.75, 3.05) is 26.2 Å². The van der Waals surface area contributed by atoms with E-state index in [-0.39, 0.29) is 11.4 Å². The highest BCUT2D eigenvalue weighted by molar-refractivity contribution is 5.98. The molecule has 0 radical (unpaired) electrons. The Labute approximate surface area is 97.5 Å². The van der Waals surface area contributed by atoms with Crippen LogP contribution < -0.4 is 5.32 Å². The first-order chi connectivity index (χ1) is 8.22. The number of rotatable bonds is 1. The second-order valence-corrected chi connectivity index (χ2v) is 3.78. The fourth-order valence-corrected chi connectivity index (χ4v) is 1.83. The molecule has 0 aliphatic carbocycles. The zero-order chi connectivity index (χ0) is 12.3. The summed E-state index contributed by atoms with van der Waals surface area (Å²) in [7, 11) is 0. The average Bonchev–Trinajstić information content (AvgIpc) is 2.34. The normalized spacial score (nSPS) is 17.3. The molecule has 17 heavy (non-hydrogen) atoms. The van der Waals surface area contributed by atoms with E-state index in [2.05, 4.69) is 10.5 Å². The number of nitrogens with one attached hydrogen (secondary N) is 1. The van der Waals surface area contributed by atoms with Gasteiger partial charge in [0.15, 0.2) is 5.84 Å². The van der Waals surface area contributed by atoms with Gasteiger partial charge in [-0.1, -0.05) is 5.16 Å². The van der Waals surface area contributed by atoms with Gasteiger partial charge in [0.25, 0.3) is 0 Å². The Morgan fingerprint density at radius 2 is 2.00 bits per heavy atom. The molecule has 1 heterocycles. The molecule has 0 bridgehead atoms. The molecule has 1 aliphatic heterocycles. The quantitative estimate of drug-likeness (QED) is 0.334. The Bertz CT molecular complexity index is 431. The number of amidine groups is 1. The molecule has 0 spiro atoms. The lowest BCUT2D eigenvalue weighted by Gasteiger charge is -2.29. The predicted octanol–water partition coefficient (Wildman–Crippen LogP) is 1.01. The van der Waals surface area contributed by atoms with Crippen molar-refractivity contribution < 1.29 is 14.0 Å². The third-order valence-electron chi connectivity index (χ3n) is 2.68. The van der Waals surface area contributed by atoms with E-state index in [1.165, 1.54) is 6.07 Å². The van der Waals surface area contributed by atoms with Crippen molar-refractivity contribution in [2.45, 2.75) is 0 Å². The molecular weight excluding hydrogens is 228 g/mol. The number of oxime groups is 1. The third-order valence-corrected chi connectivity index (χ3v) is 2.68.